The van der Waals surface area contributed by atoms with Crippen LogP contribution >= 0.6 is 11.6 Å². The van der Waals surface area contributed by atoms with Crippen LogP contribution in [-0.2, 0) is 0 Å². The number of aldehydes is 3. The minimum atomic E-state index is -0.000880. The van der Waals surface area contributed by atoms with Crippen molar-refractivity contribution in [1.29, 1.82) is 0 Å². The minimum absolute atomic E-state index is 0.000880. The summed E-state index contributed by atoms with van der Waals surface area (Å²) in [7, 11) is 0. The van der Waals surface area contributed by atoms with Gasteiger partial charge in [-0.1, -0.05) is 11.6 Å². The summed E-state index contributed by atoms with van der Waals surface area (Å²) in [6.07, 6.45) is 1.46. The first-order chi connectivity index (χ1) is 7.69. The van der Waals surface area contributed by atoms with Crippen LogP contribution in [0.1, 0.15) is 38.0 Å². The lowest BCUT2D eigenvalue weighted by Gasteiger charge is -2.11. The molecule has 0 amide bonds. The van der Waals surface area contributed by atoms with Gasteiger partial charge >= 0.3 is 0 Å². The van der Waals surface area contributed by atoms with E-state index in [4.69, 9.17) is 16.3 Å². The second-order valence-corrected chi connectivity index (χ2v) is 3.28. The number of carbonyl (C=O) groups excluding carboxylic acids is 3. The first-order valence-electron chi connectivity index (χ1n) is 4.54. The molecule has 1 aromatic carbocycles. The van der Waals surface area contributed by atoms with Crippen molar-refractivity contribution in [1.82, 2.24) is 0 Å². The fourth-order valence-electron chi connectivity index (χ4n) is 1.29. The van der Waals surface area contributed by atoms with Crippen LogP contribution in [0.25, 0.3) is 0 Å². The lowest BCUT2D eigenvalue weighted by Crippen LogP contribution is -2.03. The fourth-order valence-corrected chi connectivity index (χ4v) is 1.52. The molecule has 0 spiro atoms. The van der Waals surface area contributed by atoms with E-state index in [9.17, 15) is 14.4 Å². The van der Waals surface area contributed by atoms with E-state index in [1.165, 1.54) is 6.07 Å². The molecule has 0 unspecified atom stereocenters. The van der Waals surface area contributed by atoms with E-state index in [2.05, 4.69) is 0 Å². The van der Waals surface area contributed by atoms with Crippen molar-refractivity contribution >= 4 is 30.5 Å². The molecule has 0 aromatic heterocycles. The van der Waals surface area contributed by atoms with Gasteiger partial charge in [0, 0.05) is 5.56 Å². The first-order valence-corrected chi connectivity index (χ1v) is 4.92. The smallest absolute Gasteiger partial charge is 0.155 e. The van der Waals surface area contributed by atoms with Gasteiger partial charge in [0.15, 0.2) is 18.9 Å². The predicted octanol–water partition coefficient (Wildman–Crippen LogP) is 2.18. The molecule has 0 fully saturated rings. The van der Waals surface area contributed by atoms with E-state index >= 15 is 0 Å². The molecule has 0 atom stereocenters. The highest BCUT2D eigenvalue weighted by molar-refractivity contribution is 6.35. The van der Waals surface area contributed by atoms with E-state index in [1.807, 2.05) is 0 Å². The summed E-state index contributed by atoms with van der Waals surface area (Å²) in [6.45, 7) is 2.00. The minimum Gasteiger partial charge on any atom is -0.492 e. The molecule has 0 bridgehead atoms. The van der Waals surface area contributed by atoms with Crippen molar-refractivity contribution in [3.05, 3.63) is 27.8 Å². The Morgan fingerprint density at radius 3 is 2.25 bits per heavy atom. The number of hydrogen-bond donors (Lipinski definition) is 0. The average molecular weight is 241 g/mol. The molecule has 0 saturated heterocycles. The van der Waals surface area contributed by atoms with Crippen molar-refractivity contribution in [3.63, 3.8) is 0 Å². The average Bonchev–Trinajstić information content (AvgIpc) is 2.30. The van der Waals surface area contributed by atoms with Gasteiger partial charge < -0.3 is 4.74 Å². The van der Waals surface area contributed by atoms with Crippen LogP contribution in [0.15, 0.2) is 6.07 Å². The molecule has 16 heavy (non-hydrogen) atoms. The number of ether oxygens (including phenoxy) is 1. The van der Waals surface area contributed by atoms with Crippen molar-refractivity contribution in [2.75, 3.05) is 6.61 Å². The molecule has 4 nitrogen and oxygen atoms in total. The molecular formula is C11H9ClO4. The van der Waals surface area contributed by atoms with Crippen molar-refractivity contribution < 1.29 is 19.1 Å². The summed E-state index contributed by atoms with van der Waals surface area (Å²) in [5.41, 5.74) is 0.250. The molecule has 0 aliphatic heterocycles. The summed E-state index contributed by atoms with van der Waals surface area (Å²) in [6, 6.07) is 1.29. The van der Waals surface area contributed by atoms with E-state index < -0.39 is 0 Å². The quantitative estimate of drug-likeness (QED) is 0.740. The topological polar surface area (TPSA) is 60.4 Å². The standard InChI is InChI=1S/C11H9ClO4/c1-2-16-11-8(5-14)3-7(4-13)10(12)9(11)6-15/h3-6H,2H2,1H3. The van der Waals surface area contributed by atoms with E-state index in [0.717, 1.165) is 0 Å². The number of benzene rings is 1. The number of halogens is 1. The maximum absolute atomic E-state index is 10.9. The number of rotatable bonds is 5. The van der Waals surface area contributed by atoms with Gasteiger partial charge in [-0.2, -0.15) is 0 Å². The van der Waals surface area contributed by atoms with Crippen LogP contribution in [-0.4, -0.2) is 25.5 Å². The molecule has 0 radical (unpaired) electrons. The summed E-state index contributed by atoms with van der Waals surface area (Å²) in [5.74, 6) is 0.114. The van der Waals surface area contributed by atoms with Crippen LogP contribution in [0.2, 0.25) is 5.02 Å². The normalized spacial score (nSPS) is 9.62. The molecule has 0 aliphatic carbocycles. The zero-order valence-electron chi connectivity index (χ0n) is 8.53. The van der Waals surface area contributed by atoms with Crippen LogP contribution < -0.4 is 4.74 Å². The van der Waals surface area contributed by atoms with Gasteiger partial charge in [-0.3, -0.25) is 14.4 Å². The second-order valence-electron chi connectivity index (χ2n) is 2.90. The molecule has 0 heterocycles. The molecule has 1 rings (SSSR count). The Bertz CT molecular complexity index is 440. The fraction of sp³-hybridized carbons (Fsp3) is 0.182. The Labute approximate surface area is 97.2 Å². The SMILES string of the molecule is CCOc1c(C=O)cc(C=O)c(Cl)c1C=O. The maximum atomic E-state index is 10.9. The molecular weight excluding hydrogens is 232 g/mol. The van der Waals surface area contributed by atoms with Crippen molar-refractivity contribution in [2.24, 2.45) is 0 Å². The Balaban J connectivity index is 3.55. The summed E-state index contributed by atoms with van der Waals surface area (Å²) < 4.78 is 5.17. The van der Waals surface area contributed by atoms with E-state index in [1.54, 1.807) is 6.92 Å². The van der Waals surface area contributed by atoms with E-state index in [0.29, 0.717) is 25.5 Å². The Kier molecular flexibility index (Phi) is 4.19. The van der Waals surface area contributed by atoms with Gasteiger partial charge in [0.25, 0.3) is 0 Å². The summed E-state index contributed by atoms with van der Waals surface area (Å²) in [5, 5.41) is -0.000880. The second kappa shape index (κ2) is 5.42. The summed E-state index contributed by atoms with van der Waals surface area (Å²) >= 11 is 5.82. The molecule has 0 N–H and O–H groups in total. The third kappa shape index (κ3) is 2.12. The van der Waals surface area contributed by atoms with E-state index in [-0.39, 0.29) is 27.5 Å². The Hall–Kier alpha value is -1.68. The van der Waals surface area contributed by atoms with Crippen molar-refractivity contribution in [3.8, 4) is 5.75 Å². The van der Waals surface area contributed by atoms with Crippen LogP contribution in [0, 0.1) is 0 Å². The predicted molar refractivity (Wildman–Crippen MR) is 58.8 cm³/mol. The molecule has 0 aliphatic rings. The van der Waals surface area contributed by atoms with Crippen molar-refractivity contribution in [2.45, 2.75) is 6.92 Å². The largest absolute Gasteiger partial charge is 0.492 e. The van der Waals surface area contributed by atoms with Gasteiger partial charge in [-0.15, -0.1) is 0 Å². The molecule has 84 valence electrons. The molecule has 1 aromatic rings. The van der Waals surface area contributed by atoms with Gasteiger partial charge in [0.2, 0.25) is 0 Å². The monoisotopic (exact) mass is 240 g/mol. The van der Waals surface area contributed by atoms with Gasteiger partial charge in [-0.05, 0) is 13.0 Å². The van der Waals surface area contributed by atoms with Crippen LogP contribution in [0.4, 0.5) is 0 Å². The first kappa shape index (κ1) is 12.4. The lowest BCUT2D eigenvalue weighted by molar-refractivity contribution is 0.111. The van der Waals surface area contributed by atoms with Gasteiger partial charge in [0.1, 0.15) is 5.75 Å². The highest BCUT2D eigenvalue weighted by atomic mass is 35.5. The third-order valence-corrected chi connectivity index (χ3v) is 2.39. The van der Waals surface area contributed by atoms with Gasteiger partial charge in [-0.25, -0.2) is 0 Å². The lowest BCUT2D eigenvalue weighted by atomic mass is 10.1. The molecule has 0 saturated carbocycles. The third-order valence-electron chi connectivity index (χ3n) is 1.97. The van der Waals surface area contributed by atoms with Crippen LogP contribution in [0.3, 0.4) is 0 Å². The maximum Gasteiger partial charge on any atom is 0.155 e. The highest BCUT2D eigenvalue weighted by Gasteiger charge is 2.17. The van der Waals surface area contributed by atoms with Gasteiger partial charge in [0.05, 0.1) is 22.8 Å². The number of carbonyl (C=O) groups is 3. The summed E-state index contributed by atoms with van der Waals surface area (Å²) in [4.78, 5) is 32.3. The number of hydrogen-bond acceptors (Lipinski definition) is 4. The van der Waals surface area contributed by atoms with Crippen LogP contribution in [0.5, 0.6) is 5.75 Å². The Morgan fingerprint density at radius 2 is 1.81 bits per heavy atom. The zero-order valence-corrected chi connectivity index (χ0v) is 9.28. The zero-order chi connectivity index (χ0) is 12.1. The molecule has 5 heteroatoms. The Morgan fingerprint density at radius 1 is 1.19 bits per heavy atom. The highest BCUT2D eigenvalue weighted by Crippen LogP contribution is 2.31.